The Morgan fingerprint density at radius 3 is 2.58 bits per heavy atom. The molecular weight excluding hydrogens is 155 g/mol. The van der Waals surface area contributed by atoms with Crippen LogP contribution in [-0.4, -0.2) is 11.2 Å². The van der Waals surface area contributed by atoms with Crippen LogP contribution in [-0.2, 0) is 6.42 Å². The highest BCUT2D eigenvalue weighted by molar-refractivity contribution is 5.23. The van der Waals surface area contributed by atoms with Crippen molar-refractivity contribution < 1.29 is 9.50 Å². The third-order valence-corrected chi connectivity index (χ3v) is 1.63. The minimum atomic E-state index is -0.411. The SMILES string of the molecule is Cc1cc(F)cc(C[C@@H](C)O)c1. The van der Waals surface area contributed by atoms with E-state index in [2.05, 4.69) is 0 Å². The van der Waals surface area contributed by atoms with Gasteiger partial charge in [0.1, 0.15) is 5.82 Å². The van der Waals surface area contributed by atoms with E-state index < -0.39 is 6.10 Å². The second kappa shape index (κ2) is 3.68. The predicted octanol–water partition coefficient (Wildman–Crippen LogP) is 2.06. The van der Waals surface area contributed by atoms with Crippen molar-refractivity contribution in [1.29, 1.82) is 0 Å². The van der Waals surface area contributed by atoms with Crippen molar-refractivity contribution in [1.82, 2.24) is 0 Å². The monoisotopic (exact) mass is 168 g/mol. The van der Waals surface area contributed by atoms with Gasteiger partial charge in [-0.3, -0.25) is 0 Å². The van der Waals surface area contributed by atoms with Crippen molar-refractivity contribution in [2.24, 2.45) is 0 Å². The van der Waals surface area contributed by atoms with Crippen LogP contribution in [0.1, 0.15) is 18.1 Å². The second-order valence-electron chi connectivity index (χ2n) is 3.19. The first-order valence-electron chi connectivity index (χ1n) is 4.02. The lowest BCUT2D eigenvalue weighted by Gasteiger charge is -2.05. The highest BCUT2D eigenvalue weighted by Crippen LogP contribution is 2.10. The summed E-state index contributed by atoms with van der Waals surface area (Å²) in [5.41, 5.74) is 1.74. The van der Waals surface area contributed by atoms with Crippen molar-refractivity contribution in [3.63, 3.8) is 0 Å². The highest BCUT2D eigenvalue weighted by atomic mass is 19.1. The van der Waals surface area contributed by atoms with Gasteiger partial charge in [0, 0.05) is 0 Å². The van der Waals surface area contributed by atoms with Crippen molar-refractivity contribution in [2.45, 2.75) is 26.4 Å². The lowest BCUT2D eigenvalue weighted by molar-refractivity contribution is 0.195. The number of hydrogen-bond donors (Lipinski definition) is 1. The minimum absolute atomic E-state index is 0.231. The van der Waals surface area contributed by atoms with E-state index in [0.29, 0.717) is 6.42 Å². The van der Waals surface area contributed by atoms with Crippen molar-refractivity contribution >= 4 is 0 Å². The van der Waals surface area contributed by atoms with Crippen LogP contribution >= 0.6 is 0 Å². The molecule has 12 heavy (non-hydrogen) atoms. The summed E-state index contributed by atoms with van der Waals surface area (Å²) in [5, 5.41) is 9.07. The molecule has 0 aromatic heterocycles. The number of hydrogen-bond acceptors (Lipinski definition) is 1. The number of aliphatic hydroxyl groups is 1. The van der Waals surface area contributed by atoms with Crippen LogP contribution in [0.4, 0.5) is 4.39 Å². The highest BCUT2D eigenvalue weighted by Gasteiger charge is 2.01. The topological polar surface area (TPSA) is 20.2 Å². The molecule has 66 valence electrons. The van der Waals surface area contributed by atoms with E-state index in [1.807, 2.05) is 13.0 Å². The number of halogens is 1. The molecule has 0 fully saturated rings. The van der Waals surface area contributed by atoms with Crippen LogP contribution in [0.5, 0.6) is 0 Å². The van der Waals surface area contributed by atoms with Gasteiger partial charge in [0.2, 0.25) is 0 Å². The summed E-state index contributed by atoms with van der Waals surface area (Å²) in [4.78, 5) is 0. The molecule has 1 atom stereocenters. The Labute approximate surface area is 71.9 Å². The molecule has 0 heterocycles. The summed E-state index contributed by atoms with van der Waals surface area (Å²) in [6, 6.07) is 4.82. The summed E-state index contributed by atoms with van der Waals surface area (Å²) < 4.78 is 12.8. The Morgan fingerprint density at radius 2 is 2.08 bits per heavy atom. The van der Waals surface area contributed by atoms with E-state index in [4.69, 9.17) is 5.11 Å². The zero-order chi connectivity index (χ0) is 9.14. The first kappa shape index (κ1) is 9.20. The van der Waals surface area contributed by atoms with Gasteiger partial charge in [0.25, 0.3) is 0 Å². The lowest BCUT2D eigenvalue weighted by Crippen LogP contribution is -2.04. The Kier molecular flexibility index (Phi) is 2.82. The van der Waals surface area contributed by atoms with Crippen molar-refractivity contribution in [3.8, 4) is 0 Å². The van der Waals surface area contributed by atoms with Crippen LogP contribution in [0.2, 0.25) is 0 Å². The van der Waals surface area contributed by atoms with E-state index in [-0.39, 0.29) is 5.82 Å². The summed E-state index contributed by atoms with van der Waals surface area (Å²) in [5.74, 6) is -0.231. The number of benzene rings is 1. The maximum atomic E-state index is 12.8. The molecule has 0 aliphatic heterocycles. The molecule has 0 saturated carbocycles. The quantitative estimate of drug-likeness (QED) is 0.716. The third kappa shape index (κ3) is 2.62. The Balaban J connectivity index is 2.85. The summed E-state index contributed by atoms with van der Waals surface area (Å²) in [6.07, 6.45) is 0.102. The average Bonchev–Trinajstić information content (AvgIpc) is 1.81. The molecule has 1 aromatic rings. The van der Waals surface area contributed by atoms with E-state index >= 15 is 0 Å². The van der Waals surface area contributed by atoms with Crippen molar-refractivity contribution in [2.75, 3.05) is 0 Å². The Bertz CT molecular complexity index is 248. The van der Waals surface area contributed by atoms with Gasteiger partial charge in [-0.1, -0.05) is 6.07 Å². The normalized spacial score (nSPS) is 13.0. The maximum absolute atomic E-state index is 12.8. The molecule has 0 bridgehead atoms. The lowest BCUT2D eigenvalue weighted by atomic mass is 10.1. The predicted molar refractivity (Wildman–Crippen MR) is 46.5 cm³/mol. The van der Waals surface area contributed by atoms with Gasteiger partial charge in [-0.2, -0.15) is 0 Å². The van der Waals surface area contributed by atoms with E-state index in [1.165, 1.54) is 12.1 Å². The van der Waals surface area contributed by atoms with Gasteiger partial charge in [-0.25, -0.2) is 4.39 Å². The van der Waals surface area contributed by atoms with Gasteiger partial charge >= 0.3 is 0 Å². The van der Waals surface area contributed by atoms with E-state index in [9.17, 15) is 4.39 Å². The average molecular weight is 168 g/mol. The molecule has 0 unspecified atom stereocenters. The molecule has 1 rings (SSSR count). The molecule has 0 radical (unpaired) electrons. The fraction of sp³-hybridized carbons (Fsp3) is 0.400. The number of aliphatic hydroxyl groups excluding tert-OH is 1. The molecule has 0 aliphatic rings. The van der Waals surface area contributed by atoms with Crippen LogP contribution in [0, 0.1) is 12.7 Å². The summed E-state index contributed by atoms with van der Waals surface area (Å²) in [6.45, 7) is 3.54. The minimum Gasteiger partial charge on any atom is -0.393 e. The first-order chi connectivity index (χ1) is 5.58. The molecule has 0 saturated heterocycles. The molecule has 1 aromatic carbocycles. The van der Waals surface area contributed by atoms with E-state index in [1.54, 1.807) is 6.92 Å². The van der Waals surface area contributed by atoms with Crippen LogP contribution < -0.4 is 0 Å². The number of rotatable bonds is 2. The fourth-order valence-corrected chi connectivity index (χ4v) is 1.27. The van der Waals surface area contributed by atoms with Gasteiger partial charge in [0.15, 0.2) is 0 Å². The first-order valence-corrected chi connectivity index (χ1v) is 4.02. The van der Waals surface area contributed by atoms with Crippen LogP contribution in [0.3, 0.4) is 0 Å². The third-order valence-electron chi connectivity index (χ3n) is 1.63. The molecule has 1 N–H and O–H groups in total. The smallest absolute Gasteiger partial charge is 0.123 e. The van der Waals surface area contributed by atoms with Gasteiger partial charge in [0.05, 0.1) is 6.10 Å². The number of aryl methyl sites for hydroxylation is 1. The molecule has 2 heteroatoms. The largest absolute Gasteiger partial charge is 0.393 e. The van der Waals surface area contributed by atoms with Gasteiger partial charge in [-0.05, 0) is 43.5 Å². The van der Waals surface area contributed by atoms with Crippen LogP contribution in [0.15, 0.2) is 18.2 Å². The fourth-order valence-electron chi connectivity index (χ4n) is 1.27. The summed E-state index contributed by atoms with van der Waals surface area (Å²) in [7, 11) is 0. The standard InChI is InChI=1S/C10H13FO/c1-7-3-9(5-8(2)12)6-10(11)4-7/h3-4,6,8,12H,5H2,1-2H3/t8-/m1/s1. The molecule has 0 spiro atoms. The van der Waals surface area contributed by atoms with Crippen molar-refractivity contribution in [3.05, 3.63) is 35.1 Å². The Morgan fingerprint density at radius 1 is 1.42 bits per heavy atom. The summed E-state index contributed by atoms with van der Waals surface area (Å²) >= 11 is 0. The molecule has 0 aliphatic carbocycles. The molecule has 0 amide bonds. The zero-order valence-corrected chi connectivity index (χ0v) is 7.34. The maximum Gasteiger partial charge on any atom is 0.123 e. The Hall–Kier alpha value is -0.890. The van der Waals surface area contributed by atoms with Crippen LogP contribution in [0.25, 0.3) is 0 Å². The molecular formula is C10H13FO. The van der Waals surface area contributed by atoms with E-state index in [0.717, 1.165) is 11.1 Å². The van der Waals surface area contributed by atoms with Gasteiger partial charge in [-0.15, -0.1) is 0 Å². The van der Waals surface area contributed by atoms with Gasteiger partial charge < -0.3 is 5.11 Å². The molecule has 1 nitrogen and oxygen atoms in total. The second-order valence-corrected chi connectivity index (χ2v) is 3.19. The zero-order valence-electron chi connectivity index (χ0n) is 7.34.